The molecule has 1 fully saturated rings. The molecule has 0 bridgehead atoms. The van der Waals surface area contributed by atoms with E-state index in [9.17, 15) is 9.59 Å². The third kappa shape index (κ3) is 5.99. The third-order valence-corrected chi connectivity index (χ3v) is 6.38. The van der Waals surface area contributed by atoms with Gasteiger partial charge < -0.3 is 19.9 Å². The van der Waals surface area contributed by atoms with Gasteiger partial charge in [0.05, 0.1) is 12.2 Å². The van der Waals surface area contributed by atoms with E-state index >= 15 is 0 Å². The van der Waals surface area contributed by atoms with Gasteiger partial charge in [-0.25, -0.2) is 4.79 Å². The second kappa shape index (κ2) is 9.59. The number of halogens is 2. The number of amides is 1. The first-order valence-corrected chi connectivity index (χ1v) is 11.1. The maximum Gasteiger partial charge on any atom is 0.341 e. The summed E-state index contributed by atoms with van der Waals surface area (Å²) in [4.78, 5) is 23.0. The van der Waals surface area contributed by atoms with Crippen LogP contribution in [0.1, 0.15) is 55.6 Å². The van der Waals surface area contributed by atoms with Crippen LogP contribution < -0.4 is 10.1 Å². The lowest BCUT2D eigenvalue weighted by atomic mass is 9.81. The highest BCUT2D eigenvalue weighted by atomic mass is 79.9. The summed E-state index contributed by atoms with van der Waals surface area (Å²) in [5, 5.41) is 12.7. The number of carboxylic acid groups (broad SMARTS) is 1. The van der Waals surface area contributed by atoms with E-state index in [2.05, 4.69) is 21.2 Å². The highest BCUT2D eigenvalue weighted by Gasteiger charge is 2.41. The number of rotatable bonds is 6. The average Bonchev–Trinajstić information content (AvgIpc) is 2.67. The number of nitrogens with one attached hydrogen (secondary N) is 1. The van der Waals surface area contributed by atoms with E-state index in [1.807, 2.05) is 38.1 Å². The first-order valence-electron chi connectivity index (χ1n) is 9.90. The molecule has 3 rings (SSSR count). The zero-order valence-corrected chi connectivity index (χ0v) is 19.9. The highest BCUT2D eigenvalue weighted by molar-refractivity contribution is 9.10. The summed E-state index contributed by atoms with van der Waals surface area (Å²) >= 11 is 9.75. The van der Waals surface area contributed by atoms with E-state index in [4.69, 9.17) is 26.2 Å². The number of benzene rings is 2. The zero-order valence-electron chi connectivity index (χ0n) is 17.6. The maximum absolute atomic E-state index is 11.9. The standard InChI is InChI=1S/C23H25BrClNO5/c1-13-7-19(30-12-22(28)29)17(9-18(13)24)21-11-23(3,26-14(2)27)10-20(31-21)15-5-4-6-16(25)8-15/h4-9,20-21H,10-12H2,1-3H3,(H,26,27)(H,28,29)/t20-,21+,23-/m0/s1. The SMILES string of the molecule is CC(=O)N[C@@]1(C)C[C@@H](c2cccc(Cl)c2)O[C@@H](c2cc(Br)c(C)cc2OCC(=O)O)C1. The first-order chi connectivity index (χ1) is 14.6. The molecule has 3 atom stereocenters. The molecule has 0 radical (unpaired) electrons. The summed E-state index contributed by atoms with van der Waals surface area (Å²) in [6.45, 7) is 4.93. The zero-order chi connectivity index (χ0) is 22.8. The summed E-state index contributed by atoms with van der Waals surface area (Å²) in [5.41, 5.74) is 2.01. The molecular weight excluding hydrogens is 486 g/mol. The Morgan fingerprint density at radius 2 is 2.00 bits per heavy atom. The van der Waals surface area contributed by atoms with Crippen LogP contribution in [0.2, 0.25) is 5.02 Å². The van der Waals surface area contributed by atoms with Crippen LogP contribution in [0.4, 0.5) is 0 Å². The van der Waals surface area contributed by atoms with Gasteiger partial charge in [-0.05, 0) is 49.2 Å². The topological polar surface area (TPSA) is 84.9 Å². The van der Waals surface area contributed by atoms with Crippen LogP contribution in [0.3, 0.4) is 0 Å². The molecule has 6 nitrogen and oxygen atoms in total. The molecule has 0 saturated carbocycles. The van der Waals surface area contributed by atoms with Crippen LogP contribution in [0.5, 0.6) is 5.75 Å². The number of hydrogen-bond acceptors (Lipinski definition) is 4. The second-order valence-corrected chi connectivity index (χ2v) is 9.43. The van der Waals surface area contributed by atoms with Gasteiger partial charge in [-0.1, -0.05) is 39.7 Å². The molecule has 2 N–H and O–H groups in total. The predicted octanol–water partition coefficient (Wildman–Crippen LogP) is 5.36. The first kappa shape index (κ1) is 23.6. The van der Waals surface area contributed by atoms with Crippen molar-refractivity contribution in [2.24, 2.45) is 0 Å². The fourth-order valence-corrected chi connectivity index (χ4v) is 4.56. The minimum Gasteiger partial charge on any atom is -0.482 e. The van der Waals surface area contributed by atoms with Crippen LogP contribution in [0.25, 0.3) is 0 Å². The van der Waals surface area contributed by atoms with Crippen LogP contribution >= 0.6 is 27.5 Å². The van der Waals surface area contributed by atoms with Crippen molar-refractivity contribution in [2.45, 2.75) is 51.4 Å². The van der Waals surface area contributed by atoms with Crippen molar-refractivity contribution in [3.63, 3.8) is 0 Å². The van der Waals surface area contributed by atoms with Gasteiger partial charge >= 0.3 is 5.97 Å². The molecule has 31 heavy (non-hydrogen) atoms. The number of aliphatic carboxylic acids is 1. The number of ether oxygens (including phenoxy) is 2. The van der Waals surface area contributed by atoms with Gasteiger partial charge in [0.25, 0.3) is 0 Å². The minimum atomic E-state index is -1.06. The Balaban J connectivity index is 2.03. The molecule has 1 amide bonds. The van der Waals surface area contributed by atoms with Gasteiger partial charge in [0, 0.05) is 40.4 Å². The Morgan fingerprint density at radius 3 is 2.65 bits per heavy atom. The largest absolute Gasteiger partial charge is 0.482 e. The monoisotopic (exact) mass is 509 g/mol. The van der Waals surface area contributed by atoms with Crippen LogP contribution in [-0.4, -0.2) is 29.1 Å². The maximum atomic E-state index is 11.9. The van der Waals surface area contributed by atoms with E-state index < -0.39 is 24.2 Å². The van der Waals surface area contributed by atoms with E-state index in [-0.39, 0.29) is 12.0 Å². The Labute approximate surface area is 195 Å². The minimum absolute atomic E-state index is 0.125. The molecule has 1 heterocycles. The van der Waals surface area contributed by atoms with Crippen molar-refractivity contribution in [3.05, 3.63) is 62.6 Å². The van der Waals surface area contributed by atoms with Crippen molar-refractivity contribution in [1.29, 1.82) is 0 Å². The lowest BCUT2D eigenvalue weighted by Crippen LogP contribution is -2.50. The molecule has 166 valence electrons. The molecule has 8 heteroatoms. The molecule has 2 aromatic carbocycles. The van der Waals surface area contributed by atoms with Crippen molar-refractivity contribution < 1.29 is 24.2 Å². The predicted molar refractivity (Wildman–Crippen MR) is 121 cm³/mol. The van der Waals surface area contributed by atoms with Gasteiger partial charge in [-0.15, -0.1) is 0 Å². The lowest BCUT2D eigenvalue weighted by molar-refractivity contribution is -0.139. The van der Waals surface area contributed by atoms with Crippen LogP contribution in [-0.2, 0) is 14.3 Å². The molecular formula is C23H25BrClNO5. The summed E-state index contributed by atoms with van der Waals surface area (Å²) in [7, 11) is 0. The molecule has 0 aliphatic carbocycles. The Kier molecular flexibility index (Phi) is 7.29. The van der Waals surface area contributed by atoms with E-state index in [0.29, 0.717) is 23.6 Å². The number of aryl methyl sites for hydroxylation is 1. The van der Waals surface area contributed by atoms with E-state index in [1.165, 1.54) is 6.92 Å². The number of hydrogen-bond donors (Lipinski definition) is 2. The Morgan fingerprint density at radius 1 is 1.29 bits per heavy atom. The second-order valence-electron chi connectivity index (χ2n) is 8.14. The summed E-state index contributed by atoms with van der Waals surface area (Å²) in [5.74, 6) is -0.735. The normalized spacial score (nSPS) is 23.3. The van der Waals surface area contributed by atoms with Gasteiger partial charge in [-0.2, -0.15) is 0 Å². The van der Waals surface area contributed by atoms with Gasteiger partial charge in [0.1, 0.15) is 5.75 Å². The van der Waals surface area contributed by atoms with Crippen molar-refractivity contribution >= 4 is 39.4 Å². The average molecular weight is 511 g/mol. The Hall–Kier alpha value is -2.09. The smallest absolute Gasteiger partial charge is 0.341 e. The molecule has 1 aliphatic rings. The summed E-state index contributed by atoms with van der Waals surface area (Å²) < 4.78 is 12.9. The molecule has 1 saturated heterocycles. The van der Waals surface area contributed by atoms with Crippen LogP contribution in [0, 0.1) is 6.92 Å². The lowest BCUT2D eigenvalue weighted by Gasteiger charge is -2.43. The van der Waals surface area contributed by atoms with E-state index in [1.54, 1.807) is 12.1 Å². The quantitative estimate of drug-likeness (QED) is 0.546. The highest BCUT2D eigenvalue weighted by Crippen LogP contribution is 2.47. The van der Waals surface area contributed by atoms with E-state index in [0.717, 1.165) is 21.2 Å². The van der Waals surface area contributed by atoms with Gasteiger partial charge in [-0.3, -0.25) is 4.79 Å². The number of carbonyl (C=O) groups is 2. The molecule has 1 aliphatic heterocycles. The fourth-order valence-electron chi connectivity index (χ4n) is 4.00. The third-order valence-electron chi connectivity index (χ3n) is 5.29. The molecule has 0 unspecified atom stereocenters. The van der Waals surface area contributed by atoms with Crippen LogP contribution in [0.15, 0.2) is 40.9 Å². The number of carboxylic acids is 1. The van der Waals surface area contributed by atoms with Crippen molar-refractivity contribution in [3.8, 4) is 5.75 Å². The Bertz CT molecular complexity index is 998. The molecule has 0 spiro atoms. The summed E-state index contributed by atoms with van der Waals surface area (Å²) in [6, 6.07) is 11.2. The van der Waals surface area contributed by atoms with Crippen molar-refractivity contribution in [2.75, 3.05) is 6.61 Å². The number of carbonyl (C=O) groups excluding carboxylic acids is 1. The fraction of sp³-hybridized carbons (Fsp3) is 0.391. The molecule has 0 aromatic heterocycles. The van der Waals surface area contributed by atoms with Crippen molar-refractivity contribution in [1.82, 2.24) is 5.32 Å². The molecule has 2 aromatic rings. The van der Waals surface area contributed by atoms with Gasteiger partial charge in [0.15, 0.2) is 6.61 Å². The summed E-state index contributed by atoms with van der Waals surface area (Å²) in [6.07, 6.45) is 0.321. The van der Waals surface area contributed by atoms with Gasteiger partial charge in [0.2, 0.25) is 5.91 Å².